The summed E-state index contributed by atoms with van der Waals surface area (Å²) in [7, 11) is 0. The zero-order chi connectivity index (χ0) is 11.0. The molecule has 0 nitrogen and oxygen atoms in total. The fourth-order valence-electron chi connectivity index (χ4n) is 2.37. The molecule has 0 fully saturated rings. The van der Waals surface area contributed by atoms with E-state index < -0.39 is 6.17 Å². The van der Waals surface area contributed by atoms with E-state index in [0.29, 0.717) is 5.41 Å². The molecule has 0 rings (SSSR count). The minimum absolute atomic E-state index is 0.504. The molecular weight excluding hydrogens is 175 g/mol. The highest BCUT2D eigenvalue weighted by Gasteiger charge is 2.24. The van der Waals surface area contributed by atoms with Gasteiger partial charge in [-0.25, -0.2) is 4.39 Å². The molecule has 14 heavy (non-hydrogen) atoms. The predicted octanol–water partition coefficient (Wildman–Crippen LogP) is 5.12. The molecule has 1 unspecified atom stereocenters. The van der Waals surface area contributed by atoms with Gasteiger partial charge in [0.1, 0.15) is 0 Å². The van der Waals surface area contributed by atoms with Crippen LogP contribution in [-0.4, -0.2) is 6.17 Å². The van der Waals surface area contributed by atoms with E-state index in [1.54, 1.807) is 6.92 Å². The third-order valence-corrected chi connectivity index (χ3v) is 3.59. The molecule has 0 aliphatic rings. The molecule has 86 valence electrons. The number of hydrogen-bond donors (Lipinski definition) is 0. The molecule has 0 saturated heterocycles. The van der Waals surface area contributed by atoms with Gasteiger partial charge in [0, 0.05) is 0 Å². The summed E-state index contributed by atoms with van der Waals surface area (Å²) in [5.41, 5.74) is 0.504. The van der Waals surface area contributed by atoms with E-state index in [2.05, 4.69) is 20.8 Å². The zero-order valence-electron chi connectivity index (χ0n) is 10.4. The van der Waals surface area contributed by atoms with Crippen molar-refractivity contribution in [2.45, 2.75) is 78.8 Å². The summed E-state index contributed by atoms with van der Waals surface area (Å²) in [6, 6.07) is 0. The topological polar surface area (TPSA) is 0 Å². The van der Waals surface area contributed by atoms with E-state index in [-0.39, 0.29) is 0 Å². The van der Waals surface area contributed by atoms with Gasteiger partial charge in [-0.1, -0.05) is 46.5 Å². The first-order chi connectivity index (χ1) is 6.60. The smallest absolute Gasteiger partial charge is 0.0973 e. The fourth-order valence-corrected chi connectivity index (χ4v) is 2.37. The Morgan fingerprint density at radius 2 is 1.64 bits per heavy atom. The van der Waals surface area contributed by atoms with Crippen LogP contribution in [0.15, 0.2) is 0 Å². The first kappa shape index (κ1) is 13.9. The lowest BCUT2D eigenvalue weighted by molar-refractivity contribution is 0.198. The van der Waals surface area contributed by atoms with Crippen molar-refractivity contribution < 1.29 is 4.39 Å². The minimum atomic E-state index is -0.622. The summed E-state index contributed by atoms with van der Waals surface area (Å²) < 4.78 is 12.7. The van der Waals surface area contributed by atoms with Gasteiger partial charge in [0.05, 0.1) is 6.17 Å². The van der Waals surface area contributed by atoms with E-state index in [1.807, 2.05) is 0 Å². The Kier molecular flexibility index (Phi) is 7.22. The van der Waals surface area contributed by atoms with Crippen LogP contribution in [0.25, 0.3) is 0 Å². The molecule has 0 N–H and O–H groups in total. The van der Waals surface area contributed by atoms with Crippen LogP contribution in [0.1, 0.15) is 72.6 Å². The van der Waals surface area contributed by atoms with Gasteiger partial charge in [0.25, 0.3) is 0 Å². The van der Waals surface area contributed by atoms with E-state index in [0.717, 1.165) is 12.8 Å². The molecule has 0 aliphatic heterocycles. The van der Waals surface area contributed by atoms with E-state index in [1.165, 1.54) is 32.1 Å². The van der Waals surface area contributed by atoms with Crippen LogP contribution in [0.3, 0.4) is 0 Å². The average Bonchev–Trinajstić information content (AvgIpc) is 2.16. The van der Waals surface area contributed by atoms with Crippen molar-refractivity contribution in [2.75, 3.05) is 0 Å². The third kappa shape index (κ3) is 4.97. The molecule has 0 aromatic rings. The summed E-state index contributed by atoms with van der Waals surface area (Å²) >= 11 is 0. The van der Waals surface area contributed by atoms with E-state index in [4.69, 9.17) is 0 Å². The maximum Gasteiger partial charge on any atom is 0.0973 e. The van der Waals surface area contributed by atoms with Crippen LogP contribution in [0.5, 0.6) is 0 Å². The lowest BCUT2D eigenvalue weighted by atomic mass is 9.74. The summed E-state index contributed by atoms with van der Waals surface area (Å²) in [6.45, 7) is 8.47. The van der Waals surface area contributed by atoms with Crippen molar-refractivity contribution in [1.29, 1.82) is 0 Å². The first-order valence-electron chi connectivity index (χ1n) is 6.24. The molecule has 0 spiro atoms. The molecule has 1 heteroatoms. The maximum absolute atomic E-state index is 12.7. The van der Waals surface area contributed by atoms with Crippen molar-refractivity contribution in [1.82, 2.24) is 0 Å². The highest BCUT2D eigenvalue weighted by atomic mass is 19.1. The summed E-state index contributed by atoms with van der Waals surface area (Å²) in [6.07, 6.45) is 7.44. The highest BCUT2D eigenvalue weighted by Crippen LogP contribution is 2.37. The first-order valence-corrected chi connectivity index (χ1v) is 6.24. The summed E-state index contributed by atoms with van der Waals surface area (Å²) in [4.78, 5) is 0. The van der Waals surface area contributed by atoms with Crippen molar-refractivity contribution in [3.05, 3.63) is 0 Å². The van der Waals surface area contributed by atoms with Crippen LogP contribution in [0.4, 0.5) is 4.39 Å². The Hall–Kier alpha value is -0.0700. The largest absolute Gasteiger partial charge is 0.248 e. The monoisotopic (exact) mass is 202 g/mol. The van der Waals surface area contributed by atoms with Crippen molar-refractivity contribution in [2.24, 2.45) is 5.41 Å². The van der Waals surface area contributed by atoms with Gasteiger partial charge in [-0.2, -0.15) is 0 Å². The SMILES string of the molecule is CCCC(CC)(CC)CCCC(C)F. The van der Waals surface area contributed by atoms with Gasteiger partial charge in [-0.05, 0) is 31.6 Å². The van der Waals surface area contributed by atoms with Crippen molar-refractivity contribution >= 4 is 0 Å². The molecule has 0 aromatic heterocycles. The number of halogens is 1. The second-order valence-electron chi connectivity index (χ2n) is 4.63. The fraction of sp³-hybridized carbons (Fsp3) is 1.00. The van der Waals surface area contributed by atoms with Gasteiger partial charge < -0.3 is 0 Å². The Morgan fingerprint density at radius 3 is 2.00 bits per heavy atom. The number of rotatable bonds is 8. The summed E-state index contributed by atoms with van der Waals surface area (Å²) in [5, 5.41) is 0. The molecule has 0 radical (unpaired) electrons. The predicted molar refractivity (Wildman–Crippen MR) is 62.3 cm³/mol. The van der Waals surface area contributed by atoms with Gasteiger partial charge in [-0.3, -0.25) is 0 Å². The zero-order valence-corrected chi connectivity index (χ0v) is 10.4. The van der Waals surface area contributed by atoms with Gasteiger partial charge in [-0.15, -0.1) is 0 Å². The Labute approximate surface area is 89.3 Å². The Balaban J connectivity index is 3.94. The van der Waals surface area contributed by atoms with E-state index in [9.17, 15) is 4.39 Å². The average molecular weight is 202 g/mol. The van der Waals surface area contributed by atoms with Gasteiger partial charge >= 0.3 is 0 Å². The van der Waals surface area contributed by atoms with Gasteiger partial charge in [0.15, 0.2) is 0 Å². The molecule has 0 heterocycles. The van der Waals surface area contributed by atoms with E-state index >= 15 is 0 Å². The molecular formula is C13H27F. The minimum Gasteiger partial charge on any atom is -0.248 e. The molecule has 0 saturated carbocycles. The number of alkyl halides is 1. The van der Waals surface area contributed by atoms with Crippen LogP contribution in [-0.2, 0) is 0 Å². The quantitative estimate of drug-likeness (QED) is 0.512. The second-order valence-corrected chi connectivity index (χ2v) is 4.63. The van der Waals surface area contributed by atoms with Crippen LogP contribution in [0.2, 0.25) is 0 Å². The van der Waals surface area contributed by atoms with Gasteiger partial charge in [0.2, 0.25) is 0 Å². The Morgan fingerprint density at radius 1 is 1.07 bits per heavy atom. The lowest BCUT2D eigenvalue weighted by Crippen LogP contribution is -2.18. The third-order valence-electron chi connectivity index (χ3n) is 3.59. The highest BCUT2D eigenvalue weighted by molar-refractivity contribution is 4.76. The lowest BCUT2D eigenvalue weighted by Gasteiger charge is -2.31. The van der Waals surface area contributed by atoms with Crippen LogP contribution in [0, 0.1) is 5.41 Å². The second kappa shape index (κ2) is 7.25. The van der Waals surface area contributed by atoms with Crippen molar-refractivity contribution in [3.8, 4) is 0 Å². The van der Waals surface area contributed by atoms with Crippen LogP contribution >= 0.6 is 0 Å². The maximum atomic E-state index is 12.7. The van der Waals surface area contributed by atoms with Crippen molar-refractivity contribution in [3.63, 3.8) is 0 Å². The molecule has 1 atom stereocenters. The Bertz CT molecular complexity index is 125. The molecule has 0 bridgehead atoms. The standard InChI is InChI=1S/C13H27F/c1-5-10-13(6-2,7-3)11-8-9-12(4)14/h12H,5-11H2,1-4H3. The molecule has 0 aromatic carbocycles. The number of hydrogen-bond acceptors (Lipinski definition) is 0. The molecule has 0 aliphatic carbocycles. The molecule has 0 amide bonds. The van der Waals surface area contributed by atoms with Crippen LogP contribution < -0.4 is 0 Å². The summed E-state index contributed by atoms with van der Waals surface area (Å²) in [5.74, 6) is 0. The normalized spacial score (nSPS) is 14.4.